The summed E-state index contributed by atoms with van der Waals surface area (Å²) in [5.74, 6) is 1.89. The number of aromatic nitrogens is 4. The van der Waals surface area contributed by atoms with E-state index in [0.29, 0.717) is 17.5 Å². The maximum absolute atomic E-state index is 5.17. The molecular formula is C51H32N4. The zero-order valence-electron chi connectivity index (χ0n) is 29.8. The highest BCUT2D eigenvalue weighted by Crippen LogP contribution is 2.38. The molecule has 0 spiro atoms. The highest BCUT2D eigenvalue weighted by atomic mass is 15.0. The fraction of sp³-hybridized carbons (Fsp3) is 0. The van der Waals surface area contributed by atoms with Gasteiger partial charge in [-0.3, -0.25) is 0 Å². The molecule has 11 rings (SSSR count). The molecule has 0 unspecified atom stereocenters. The van der Waals surface area contributed by atoms with Crippen molar-refractivity contribution in [2.24, 2.45) is 0 Å². The number of rotatable bonds is 5. The molecule has 4 heteroatoms. The van der Waals surface area contributed by atoms with Crippen LogP contribution < -0.4 is 0 Å². The normalized spacial score (nSPS) is 11.6. The van der Waals surface area contributed by atoms with Gasteiger partial charge in [0.1, 0.15) is 0 Å². The Bertz CT molecular complexity index is 3160. The van der Waals surface area contributed by atoms with Crippen molar-refractivity contribution in [3.8, 4) is 51.0 Å². The number of hydrogen-bond acceptors (Lipinski definition) is 3. The third-order valence-electron chi connectivity index (χ3n) is 10.8. The Kier molecular flexibility index (Phi) is 7.14. The molecule has 2 aromatic heterocycles. The van der Waals surface area contributed by atoms with Crippen LogP contribution in [0.15, 0.2) is 194 Å². The molecule has 11 aromatic rings. The Morgan fingerprint density at radius 2 is 0.691 bits per heavy atom. The Balaban J connectivity index is 1.11. The molecule has 0 N–H and O–H groups in total. The first-order valence-electron chi connectivity index (χ1n) is 18.6. The van der Waals surface area contributed by atoms with Crippen LogP contribution in [-0.2, 0) is 0 Å². The molecule has 0 amide bonds. The number of nitrogens with zero attached hydrogens (tertiary/aromatic N) is 4. The summed E-state index contributed by atoms with van der Waals surface area (Å²) in [6, 6.07) is 68.8. The van der Waals surface area contributed by atoms with Gasteiger partial charge in [-0.25, -0.2) is 15.0 Å². The SMILES string of the molecule is c1ccc(-c2ccc(-c3nc(-c4cccc(-n5c6cc7ccccc7cc6c6cc7ccccc7cc65)c4)nc(-c4ccc5ccccc5c4)n3)cc2)cc1. The lowest BCUT2D eigenvalue weighted by Gasteiger charge is -2.12. The maximum atomic E-state index is 5.17. The van der Waals surface area contributed by atoms with E-state index in [1.165, 1.54) is 43.3 Å². The summed E-state index contributed by atoms with van der Waals surface area (Å²) in [6.45, 7) is 0. The predicted molar refractivity (Wildman–Crippen MR) is 228 cm³/mol. The number of hydrogen-bond donors (Lipinski definition) is 0. The highest BCUT2D eigenvalue weighted by molar-refractivity contribution is 6.16. The van der Waals surface area contributed by atoms with Gasteiger partial charge in [-0.1, -0.05) is 152 Å². The topological polar surface area (TPSA) is 43.6 Å². The summed E-state index contributed by atoms with van der Waals surface area (Å²) in [7, 11) is 0. The molecule has 0 atom stereocenters. The average molecular weight is 701 g/mol. The molecule has 0 aliphatic carbocycles. The lowest BCUT2D eigenvalue weighted by Crippen LogP contribution is -2.01. The van der Waals surface area contributed by atoms with E-state index >= 15 is 0 Å². The van der Waals surface area contributed by atoms with Crippen LogP contribution in [0.3, 0.4) is 0 Å². The van der Waals surface area contributed by atoms with Gasteiger partial charge in [-0.15, -0.1) is 0 Å². The van der Waals surface area contributed by atoms with Crippen LogP contribution in [0.2, 0.25) is 0 Å². The summed E-state index contributed by atoms with van der Waals surface area (Å²) < 4.78 is 2.39. The molecule has 0 radical (unpaired) electrons. The van der Waals surface area contributed by atoms with Crippen molar-refractivity contribution in [3.05, 3.63) is 194 Å². The molecule has 0 fully saturated rings. The first-order valence-corrected chi connectivity index (χ1v) is 18.6. The van der Waals surface area contributed by atoms with Crippen LogP contribution in [0, 0.1) is 0 Å². The van der Waals surface area contributed by atoms with E-state index in [-0.39, 0.29) is 0 Å². The minimum absolute atomic E-state index is 0.624. The van der Waals surface area contributed by atoms with Gasteiger partial charge < -0.3 is 4.57 Å². The van der Waals surface area contributed by atoms with Crippen LogP contribution in [0.5, 0.6) is 0 Å². The minimum Gasteiger partial charge on any atom is -0.309 e. The van der Waals surface area contributed by atoms with Gasteiger partial charge in [0.05, 0.1) is 11.0 Å². The average Bonchev–Trinajstić information content (AvgIpc) is 3.56. The molecule has 0 aliphatic heterocycles. The molecular weight excluding hydrogens is 669 g/mol. The molecule has 4 nitrogen and oxygen atoms in total. The second-order valence-corrected chi connectivity index (χ2v) is 14.1. The van der Waals surface area contributed by atoms with Crippen molar-refractivity contribution in [1.29, 1.82) is 0 Å². The Labute approximate surface area is 317 Å². The van der Waals surface area contributed by atoms with Crippen LogP contribution in [0.25, 0.3) is 105 Å². The highest BCUT2D eigenvalue weighted by Gasteiger charge is 2.17. The van der Waals surface area contributed by atoms with E-state index < -0.39 is 0 Å². The summed E-state index contributed by atoms with van der Waals surface area (Å²) in [5.41, 5.74) is 8.48. The molecule has 2 heterocycles. The molecule has 256 valence electrons. The lowest BCUT2D eigenvalue weighted by atomic mass is 10.0. The van der Waals surface area contributed by atoms with Crippen molar-refractivity contribution in [3.63, 3.8) is 0 Å². The zero-order chi connectivity index (χ0) is 36.3. The quantitative estimate of drug-likeness (QED) is 0.179. The number of fused-ring (bicyclic) bond motifs is 6. The summed E-state index contributed by atoms with van der Waals surface area (Å²) in [5, 5.41) is 9.65. The number of benzene rings is 9. The Morgan fingerprint density at radius 1 is 0.273 bits per heavy atom. The fourth-order valence-electron chi connectivity index (χ4n) is 7.98. The smallest absolute Gasteiger partial charge is 0.164 e. The van der Waals surface area contributed by atoms with Crippen LogP contribution in [0.1, 0.15) is 0 Å². The van der Waals surface area contributed by atoms with Gasteiger partial charge in [0.15, 0.2) is 17.5 Å². The maximum Gasteiger partial charge on any atom is 0.164 e. The summed E-state index contributed by atoms with van der Waals surface area (Å²) >= 11 is 0. The largest absolute Gasteiger partial charge is 0.309 e. The molecule has 9 aromatic carbocycles. The van der Waals surface area contributed by atoms with Crippen molar-refractivity contribution in [2.45, 2.75) is 0 Å². The Morgan fingerprint density at radius 3 is 1.29 bits per heavy atom. The van der Waals surface area contributed by atoms with E-state index in [1.807, 2.05) is 6.07 Å². The van der Waals surface area contributed by atoms with Gasteiger partial charge in [-0.2, -0.15) is 0 Å². The molecule has 0 saturated heterocycles. The molecule has 0 aliphatic rings. The van der Waals surface area contributed by atoms with Gasteiger partial charge in [0, 0.05) is 33.2 Å². The lowest BCUT2D eigenvalue weighted by molar-refractivity contribution is 1.07. The molecule has 0 bridgehead atoms. The standard InChI is InChI=1S/C51H32N4/c1-2-11-33(12-3-1)35-21-24-36(25-22-35)49-52-50(54-51(53-49)43-26-23-34-13-4-5-14-37(34)27-43)42-19-10-20-44(28-42)55-47-31-40-17-8-6-15-38(40)29-45(47)46-30-39-16-7-9-18-41(39)32-48(46)55/h1-32H. The first-order chi connectivity index (χ1) is 27.2. The zero-order valence-corrected chi connectivity index (χ0v) is 29.8. The monoisotopic (exact) mass is 700 g/mol. The first kappa shape index (κ1) is 31.1. The molecule has 55 heavy (non-hydrogen) atoms. The van der Waals surface area contributed by atoms with Gasteiger partial charge in [0.2, 0.25) is 0 Å². The van der Waals surface area contributed by atoms with Gasteiger partial charge in [0.25, 0.3) is 0 Å². The third-order valence-corrected chi connectivity index (χ3v) is 10.8. The molecule has 0 saturated carbocycles. The van der Waals surface area contributed by atoms with Crippen molar-refractivity contribution >= 4 is 54.1 Å². The van der Waals surface area contributed by atoms with Crippen LogP contribution in [-0.4, -0.2) is 19.5 Å². The van der Waals surface area contributed by atoms with E-state index in [0.717, 1.165) is 44.4 Å². The van der Waals surface area contributed by atoms with E-state index in [2.05, 4.69) is 193 Å². The minimum atomic E-state index is 0.624. The fourth-order valence-corrected chi connectivity index (χ4v) is 7.98. The van der Waals surface area contributed by atoms with Crippen molar-refractivity contribution < 1.29 is 0 Å². The second-order valence-electron chi connectivity index (χ2n) is 14.1. The summed E-state index contributed by atoms with van der Waals surface area (Å²) in [6.07, 6.45) is 0. The Hall–Kier alpha value is -7.43. The van der Waals surface area contributed by atoms with E-state index in [4.69, 9.17) is 15.0 Å². The second kappa shape index (κ2) is 12.6. The van der Waals surface area contributed by atoms with E-state index in [1.54, 1.807) is 0 Å². The van der Waals surface area contributed by atoms with Gasteiger partial charge >= 0.3 is 0 Å². The van der Waals surface area contributed by atoms with Crippen LogP contribution >= 0.6 is 0 Å². The van der Waals surface area contributed by atoms with Crippen LogP contribution in [0.4, 0.5) is 0 Å². The van der Waals surface area contributed by atoms with Crippen molar-refractivity contribution in [2.75, 3.05) is 0 Å². The van der Waals surface area contributed by atoms with Crippen molar-refractivity contribution in [1.82, 2.24) is 19.5 Å². The predicted octanol–water partition coefficient (Wildman–Crippen LogP) is 13.1. The van der Waals surface area contributed by atoms with Gasteiger partial charge in [-0.05, 0) is 85.9 Å². The van der Waals surface area contributed by atoms with E-state index in [9.17, 15) is 0 Å². The third kappa shape index (κ3) is 5.43. The summed E-state index contributed by atoms with van der Waals surface area (Å²) in [4.78, 5) is 15.4.